The highest BCUT2D eigenvalue weighted by Crippen LogP contribution is 2.16. The molecule has 0 saturated heterocycles. The van der Waals surface area contributed by atoms with E-state index in [2.05, 4.69) is 30.3 Å². The van der Waals surface area contributed by atoms with E-state index in [0.717, 1.165) is 5.82 Å². The van der Waals surface area contributed by atoms with Crippen molar-refractivity contribution >= 4 is 11.6 Å². The summed E-state index contributed by atoms with van der Waals surface area (Å²) < 4.78 is 2.08. The standard InChI is InChI=1S/C8H13ClN2/c1-8(2,3)11-5-4-10-7(11)6-9/h4-5H,6H2,1-3H3. The summed E-state index contributed by atoms with van der Waals surface area (Å²) in [6, 6.07) is 0. The van der Waals surface area contributed by atoms with Gasteiger partial charge >= 0.3 is 0 Å². The molecule has 0 radical (unpaired) electrons. The summed E-state index contributed by atoms with van der Waals surface area (Å²) in [5.41, 5.74) is 0.0841. The number of hydrogen-bond acceptors (Lipinski definition) is 1. The monoisotopic (exact) mass is 172 g/mol. The molecule has 0 aliphatic rings. The maximum atomic E-state index is 5.70. The Morgan fingerprint density at radius 3 is 2.55 bits per heavy atom. The van der Waals surface area contributed by atoms with Crippen molar-refractivity contribution in [3.05, 3.63) is 18.2 Å². The van der Waals surface area contributed by atoms with Crippen molar-refractivity contribution in [1.82, 2.24) is 9.55 Å². The summed E-state index contributed by atoms with van der Waals surface area (Å²) in [6.07, 6.45) is 3.74. The zero-order chi connectivity index (χ0) is 8.48. The Balaban J connectivity index is 3.02. The second kappa shape index (κ2) is 2.86. The first-order valence-electron chi connectivity index (χ1n) is 3.64. The predicted molar refractivity (Wildman–Crippen MR) is 46.8 cm³/mol. The fourth-order valence-electron chi connectivity index (χ4n) is 1.04. The molecule has 2 nitrogen and oxygen atoms in total. The van der Waals surface area contributed by atoms with Crippen LogP contribution in [0.5, 0.6) is 0 Å². The highest BCUT2D eigenvalue weighted by Gasteiger charge is 2.15. The van der Waals surface area contributed by atoms with Gasteiger partial charge in [0.15, 0.2) is 0 Å². The van der Waals surface area contributed by atoms with Crippen molar-refractivity contribution in [3.8, 4) is 0 Å². The van der Waals surface area contributed by atoms with Gasteiger partial charge in [-0.3, -0.25) is 0 Å². The summed E-state index contributed by atoms with van der Waals surface area (Å²) in [5.74, 6) is 1.41. The lowest BCUT2D eigenvalue weighted by atomic mass is 10.1. The molecule has 1 aromatic rings. The van der Waals surface area contributed by atoms with Crippen molar-refractivity contribution in [1.29, 1.82) is 0 Å². The largest absolute Gasteiger partial charge is 0.329 e. The average Bonchev–Trinajstić information content (AvgIpc) is 2.31. The van der Waals surface area contributed by atoms with Gasteiger partial charge in [0, 0.05) is 17.9 Å². The van der Waals surface area contributed by atoms with E-state index in [1.165, 1.54) is 0 Å². The lowest BCUT2D eigenvalue weighted by Gasteiger charge is -2.22. The fraction of sp³-hybridized carbons (Fsp3) is 0.625. The summed E-state index contributed by atoms with van der Waals surface area (Å²) >= 11 is 5.70. The van der Waals surface area contributed by atoms with Gasteiger partial charge in [-0.25, -0.2) is 4.98 Å². The van der Waals surface area contributed by atoms with E-state index in [1.54, 1.807) is 6.20 Å². The Labute approximate surface area is 72.2 Å². The second-order valence-electron chi connectivity index (χ2n) is 3.52. The molecule has 0 spiro atoms. The molecule has 0 atom stereocenters. The van der Waals surface area contributed by atoms with Gasteiger partial charge in [0.05, 0.1) is 5.88 Å². The molecular weight excluding hydrogens is 160 g/mol. The molecule has 0 amide bonds. The van der Waals surface area contributed by atoms with Gasteiger partial charge in [-0.2, -0.15) is 0 Å². The topological polar surface area (TPSA) is 17.8 Å². The highest BCUT2D eigenvalue weighted by molar-refractivity contribution is 6.16. The predicted octanol–water partition coefficient (Wildman–Crippen LogP) is 2.38. The number of alkyl halides is 1. The van der Waals surface area contributed by atoms with Crippen LogP contribution in [0.2, 0.25) is 0 Å². The van der Waals surface area contributed by atoms with Gasteiger partial charge in [0.1, 0.15) is 5.82 Å². The molecule has 0 fully saturated rings. The first-order chi connectivity index (χ1) is 5.05. The quantitative estimate of drug-likeness (QED) is 0.595. The van der Waals surface area contributed by atoms with Gasteiger partial charge in [-0.15, -0.1) is 11.6 Å². The lowest BCUT2D eigenvalue weighted by molar-refractivity contribution is 0.386. The van der Waals surface area contributed by atoms with Crippen LogP contribution in [-0.4, -0.2) is 9.55 Å². The van der Waals surface area contributed by atoms with Crippen molar-refractivity contribution < 1.29 is 0 Å². The zero-order valence-electron chi connectivity index (χ0n) is 7.13. The molecule has 0 unspecified atom stereocenters. The van der Waals surface area contributed by atoms with E-state index in [9.17, 15) is 0 Å². The maximum absolute atomic E-state index is 5.70. The van der Waals surface area contributed by atoms with E-state index in [4.69, 9.17) is 11.6 Å². The molecular formula is C8H13ClN2. The Morgan fingerprint density at radius 2 is 2.18 bits per heavy atom. The Morgan fingerprint density at radius 1 is 1.55 bits per heavy atom. The molecule has 11 heavy (non-hydrogen) atoms. The van der Waals surface area contributed by atoms with Crippen LogP contribution >= 0.6 is 11.6 Å². The third-order valence-electron chi connectivity index (χ3n) is 1.56. The molecule has 1 heterocycles. The van der Waals surface area contributed by atoms with Crippen molar-refractivity contribution in [3.63, 3.8) is 0 Å². The number of rotatable bonds is 1. The summed E-state index contributed by atoms with van der Waals surface area (Å²) in [5, 5.41) is 0. The van der Waals surface area contributed by atoms with Gasteiger partial charge in [-0.1, -0.05) is 0 Å². The molecule has 0 aliphatic carbocycles. The second-order valence-corrected chi connectivity index (χ2v) is 3.79. The normalized spacial score (nSPS) is 12.0. The Bertz CT molecular complexity index is 234. The third-order valence-corrected chi connectivity index (χ3v) is 1.80. The number of aromatic nitrogens is 2. The highest BCUT2D eigenvalue weighted by atomic mass is 35.5. The molecule has 0 aliphatic heterocycles. The van der Waals surface area contributed by atoms with E-state index in [1.807, 2.05) is 6.20 Å². The minimum Gasteiger partial charge on any atom is -0.329 e. The number of halogens is 1. The smallest absolute Gasteiger partial charge is 0.124 e. The number of hydrogen-bond donors (Lipinski definition) is 0. The number of nitrogens with zero attached hydrogens (tertiary/aromatic N) is 2. The molecule has 3 heteroatoms. The SMILES string of the molecule is CC(C)(C)n1ccnc1CCl. The van der Waals surface area contributed by atoms with E-state index >= 15 is 0 Å². The van der Waals surface area contributed by atoms with Gasteiger partial charge in [0.25, 0.3) is 0 Å². The summed E-state index contributed by atoms with van der Waals surface area (Å²) in [7, 11) is 0. The Kier molecular flexibility index (Phi) is 2.23. The van der Waals surface area contributed by atoms with Crippen LogP contribution in [0.3, 0.4) is 0 Å². The molecule has 0 N–H and O–H groups in total. The van der Waals surface area contributed by atoms with Crippen LogP contribution in [0.1, 0.15) is 26.6 Å². The van der Waals surface area contributed by atoms with E-state index < -0.39 is 0 Å². The molecule has 0 bridgehead atoms. The summed E-state index contributed by atoms with van der Waals surface area (Å²) in [4.78, 5) is 4.13. The molecule has 0 aromatic carbocycles. The van der Waals surface area contributed by atoms with Crippen LogP contribution in [0.4, 0.5) is 0 Å². The van der Waals surface area contributed by atoms with Gasteiger partial charge in [-0.05, 0) is 20.8 Å². The maximum Gasteiger partial charge on any atom is 0.124 e. The van der Waals surface area contributed by atoms with E-state index in [-0.39, 0.29) is 5.54 Å². The van der Waals surface area contributed by atoms with Crippen molar-refractivity contribution in [2.75, 3.05) is 0 Å². The van der Waals surface area contributed by atoms with Crippen LogP contribution in [-0.2, 0) is 11.4 Å². The van der Waals surface area contributed by atoms with Crippen LogP contribution in [0.25, 0.3) is 0 Å². The average molecular weight is 173 g/mol. The van der Waals surface area contributed by atoms with Crippen LogP contribution < -0.4 is 0 Å². The van der Waals surface area contributed by atoms with Crippen molar-refractivity contribution in [2.45, 2.75) is 32.2 Å². The lowest BCUT2D eigenvalue weighted by Crippen LogP contribution is -2.22. The first-order valence-corrected chi connectivity index (χ1v) is 4.18. The Hall–Kier alpha value is -0.500. The first kappa shape index (κ1) is 8.60. The third kappa shape index (κ3) is 1.74. The molecule has 62 valence electrons. The fourth-order valence-corrected chi connectivity index (χ4v) is 1.24. The molecule has 0 saturated carbocycles. The van der Waals surface area contributed by atoms with E-state index in [0.29, 0.717) is 5.88 Å². The summed E-state index contributed by atoms with van der Waals surface area (Å²) in [6.45, 7) is 6.39. The zero-order valence-corrected chi connectivity index (χ0v) is 7.89. The minimum absolute atomic E-state index is 0.0841. The van der Waals surface area contributed by atoms with Crippen LogP contribution in [0, 0.1) is 0 Å². The minimum atomic E-state index is 0.0841. The molecule has 1 aromatic heterocycles. The molecule has 1 rings (SSSR count). The van der Waals surface area contributed by atoms with Gasteiger partial charge in [0.2, 0.25) is 0 Å². The van der Waals surface area contributed by atoms with Gasteiger partial charge < -0.3 is 4.57 Å². The number of imidazole rings is 1. The van der Waals surface area contributed by atoms with Crippen LogP contribution in [0.15, 0.2) is 12.4 Å². The van der Waals surface area contributed by atoms with Crippen molar-refractivity contribution in [2.24, 2.45) is 0 Å².